The number of rotatable bonds is 4. The highest BCUT2D eigenvalue weighted by Crippen LogP contribution is 2.21. The molecule has 0 bridgehead atoms. The molecule has 7 nitrogen and oxygen atoms in total. The van der Waals surface area contributed by atoms with Crippen LogP contribution in [-0.2, 0) is 13.5 Å². The molecule has 0 atom stereocenters. The van der Waals surface area contributed by atoms with Crippen LogP contribution in [0.5, 0.6) is 0 Å². The van der Waals surface area contributed by atoms with Crippen LogP contribution in [0.15, 0.2) is 35.1 Å². The topological polar surface area (TPSA) is 81.7 Å². The van der Waals surface area contributed by atoms with Crippen molar-refractivity contribution in [3.05, 3.63) is 42.2 Å². The lowest BCUT2D eigenvalue weighted by atomic mass is 10.1. The molecule has 0 radical (unpaired) electrons. The van der Waals surface area contributed by atoms with E-state index >= 15 is 0 Å². The minimum Gasteiger partial charge on any atom is -0.441 e. The van der Waals surface area contributed by atoms with Crippen molar-refractivity contribution in [3.63, 3.8) is 0 Å². The van der Waals surface area contributed by atoms with Crippen molar-refractivity contribution in [2.24, 2.45) is 7.05 Å². The maximum Gasteiger partial charge on any atom is 0.192 e. The maximum absolute atomic E-state index is 5.57. The van der Waals surface area contributed by atoms with E-state index in [1.165, 1.54) is 0 Å². The Morgan fingerprint density at radius 2 is 2.17 bits per heavy atom. The zero-order valence-electron chi connectivity index (χ0n) is 12.9. The molecule has 4 aromatic rings. The molecule has 0 aliphatic heterocycles. The highest BCUT2D eigenvalue weighted by atomic mass is 16.3. The number of nitrogens with one attached hydrogen (secondary N) is 1. The van der Waals surface area contributed by atoms with Gasteiger partial charge in [0.2, 0.25) is 0 Å². The largest absolute Gasteiger partial charge is 0.441 e. The molecule has 7 heteroatoms. The van der Waals surface area contributed by atoms with Crippen molar-refractivity contribution in [1.29, 1.82) is 0 Å². The van der Waals surface area contributed by atoms with Crippen molar-refractivity contribution in [2.75, 3.05) is 11.9 Å². The fourth-order valence-corrected chi connectivity index (χ4v) is 2.74. The monoisotopic (exact) mass is 308 g/mol. The van der Waals surface area contributed by atoms with E-state index in [4.69, 9.17) is 4.42 Å². The highest BCUT2D eigenvalue weighted by Gasteiger charge is 2.09. The summed E-state index contributed by atoms with van der Waals surface area (Å²) in [6, 6.07) is 6.01. The van der Waals surface area contributed by atoms with Crippen LogP contribution in [0.2, 0.25) is 0 Å². The van der Waals surface area contributed by atoms with Crippen molar-refractivity contribution < 1.29 is 4.42 Å². The number of hydrogen-bond donors (Lipinski definition) is 1. The average Bonchev–Trinajstić information content (AvgIpc) is 3.11. The smallest absolute Gasteiger partial charge is 0.192 e. The number of aromatic nitrogens is 5. The number of hydrogen-bond acceptors (Lipinski definition) is 6. The first-order valence-corrected chi connectivity index (χ1v) is 7.44. The van der Waals surface area contributed by atoms with Crippen LogP contribution in [-0.4, -0.2) is 31.3 Å². The normalized spacial score (nSPS) is 11.4. The summed E-state index contributed by atoms with van der Waals surface area (Å²) in [6.07, 6.45) is 4.16. The average molecular weight is 308 g/mol. The molecule has 0 aliphatic carbocycles. The van der Waals surface area contributed by atoms with Gasteiger partial charge in [-0.15, -0.1) is 0 Å². The van der Waals surface area contributed by atoms with Gasteiger partial charge in [-0.2, -0.15) is 5.10 Å². The van der Waals surface area contributed by atoms with Gasteiger partial charge in [0, 0.05) is 20.5 Å². The SMILES string of the molecule is Cc1nc2c(CCNc3ncnc4c3cnn4C)cccc2o1. The number of para-hydroxylation sites is 1. The number of aryl methyl sites for hydroxylation is 2. The van der Waals surface area contributed by atoms with Gasteiger partial charge in [-0.1, -0.05) is 12.1 Å². The van der Waals surface area contributed by atoms with Crippen molar-refractivity contribution in [3.8, 4) is 0 Å². The molecule has 23 heavy (non-hydrogen) atoms. The molecular weight excluding hydrogens is 292 g/mol. The molecular formula is C16H16N6O. The molecule has 4 rings (SSSR count). The second-order valence-corrected chi connectivity index (χ2v) is 5.40. The fraction of sp³-hybridized carbons (Fsp3) is 0.250. The van der Waals surface area contributed by atoms with Crippen molar-refractivity contribution in [2.45, 2.75) is 13.3 Å². The molecule has 3 aromatic heterocycles. The second-order valence-electron chi connectivity index (χ2n) is 5.40. The summed E-state index contributed by atoms with van der Waals surface area (Å²) < 4.78 is 7.31. The molecule has 0 spiro atoms. The van der Waals surface area contributed by atoms with Crippen LogP contribution in [0, 0.1) is 6.92 Å². The third-order valence-electron chi connectivity index (χ3n) is 3.83. The van der Waals surface area contributed by atoms with E-state index in [9.17, 15) is 0 Å². The summed E-state index contributed by atoms with van der Waals surface area (Å²) in [5.74, 6) is 1.49. The van der Waals surface area contributed by atoms with E-state index in [-0.39, 0.29) is 0 Å². The van der Waals surface area contributed by atoms with E-state index in [2.05, 4.69) is 31.4 Å². The Morgan fingerprint density at radius 1 is 1.26 bits per heavy atom. The summed E-state index contributed by atoms with van der Waals surface area (Å²) in [6.45, 7) is 2.61. The van der Waals surface area contributed by atoms with Crippen LogP contribution in [0.1, 0.15) is 11.5 Å². The summed E-state index contributed by atoms with van der Waals surface area (Å²) in [5.41, 5.74) is 3.73. The molecule has 1 N–H and O–H groups in total. The van der Waals surface area contributed by atoms with Gasteiger partial charge in [-0.3, -0.25) is 4.68 Å². The number of oxazole rings is 1. The van der Waals surface area contributed by atoms with Gasteiger partial charge in [-0.05, 0) is 18.1 Å². The van der Waals surface area contributed by atoms with Gasteiger partial charge < -0.3 is 9.73 Å². The zero-order valence-corrected chi connectivity index (χ0v) is 12.9. The first-order chi connectivity index (χ1) is 11.2. The molecule has 0 saturated heterocycles. The molecule has 0 aliphatic rings. The van der Waals surface area contributed by atoms with E-state index in [1.807, 2.05) is 26.1 Å². The third kappa shape index (κ3) is 2.40. The highest BCUT2D eigenvalue weighted by molar-refractivity contribution is 5.86. The summed E-state index contributed by atoms with van der Waals surface area (Å²) in [7, 11) is 1.87. The second kappa shape index (κ2) is 5.35. The lowest BCUT2D eigenvalue weighted by Gasteiger charge is -2.06. The van der Waals surface area contributed by atoms with E-state index in [1.54, 1.807) is 17.2 Å². The Labute approximate surface area is 132 Å². The fourth-order valence-electron chi connectivity index (χ4n) is 2.74. The quantitative estimate of drug-likeness (QED) is 0.623. The molecule has 3 heterocycles. The molecule has 1 aromatic carbocycles. The lowest BCUT2D eigenvalue weighted by molar-refractivity contribution is 0.561. The molecule has 0 fully saturated rings. The van der Waals surface area contributed by atoms with Gasteiger partial charge in [0.05, 0.1) is 11.6 Å². The minimum absolute atomic E-state index is 0.688. The number of benzene rings is 1. The molecule has 0 saturated carbocycles. The Hall–Kier alpha value is -2.96. The van der Waals surface area contributed by atoms with Gasteiger partial charge in [0.25, 0.3) is 0 Å². The van der Waals surface area contributed by atoms with Gasteiger partial charge in [-0.25, -0.2) is 15.0 Å². The van der Waals surface area contributed by atoms with E-state index in [0.717, 1.165) is 46.5 Å². The molecule has 0 amide bonds. The third-order valence-corrected chi connectivity index (χ3v) is 3.83. The Morgan fingerprint density at radius 3 is 3.09 bits per heavy atom. The standard InChI is InChI=1S/C16H16N6O/c1-10-21-14-11(4-3-5-13(14)23-10)6-7-17-15-12-8-20-22(2)16(12)19-9-18-15/h3-5,8-9H,6-7H2,1-2H3,(H,17,18,19). The Kier molecular flexibility index (Phi) is 3.18. The molecule has 116 valence electrons. The summed E-state index contributed by atoms with van der Waals surface area (Å²) in [4.78, 5) is 13.0. The predicted octanol–water partition coefficient (Wildman–Crippen LogP) is 2.47. The van der Waals surface area contributed by atoms with Crippen LogP contribution >= 0.6 is 0 Å². The van der Waals surface area contributed by atoms with E-state index < -0.39 is 0 Å². The van der Waals surface area contributed by atoms with Crippen molar-refractivity contribution in [1.82, 2.24) is 24.7 Å². The Balaban J connectivity index is 1.54. The maximum atomic E-state index is 5.57. The number of fused-ring (bicyclic) bond motifs is 2. The van der Waals surface area contributed by atoms with Crippen LogP contribution in [0.4, 0.5) is 5.82 Å². The lowest BCUT2D eigenvalue weighted by Crippen LogP contribution is -2.07. The first-order valence-electron chi connectivity index (χ1n) is 7.44. The van der Waals surface area contributed by atoms with Gasteiger partial charge in [0.15, 0.2) is 17.1 Å². The molecule has 0 unspecified atom stereocenters. The van der Waals surface area contributed by atoms with Crippen molar-refractivity contribution >= 4 is 28.0 Å². The summed E-state index contributed by atoms with van der Waals surface area (Å²) >= 11 is 0. The first kappa shape index (κ1) is 13.7. The van der Waals surface area contributed by atoms with Gasteiger partial charge in [0.1, 0.15) is 17.7 Å². The predicted molar refractivity (Wildman–Crippen MR) is 87.2 cm³/mol. The van der Waals surface area contributed by atoms with Crippen LogP contribution < -0.4 is 5.32 Å². The zero-order chi connectivity index (χ0) is 15.8. The van der Waals surface area contributed by atoms with Crippen LogP contribution in [0.3, 0.4) is 0 Å². The summed E-state index contributed by atoms with van der Waals surface area (Å²) in [5, 5.41) is 8.50. The van der Waals surface area contributed by atoms with Gasteiger partial charge >= 0.3 is 0 Å². The number of anilines is 1. The van der Waals surface area contributed by atoms with Crippen LogP contribution in [0.25, 0.3) is 22.1 Å². The Bertz CT molecular complexity index is 973. The van der Waals surface area contributed by atoms with E-state index in [0.29, 0.717) is 5.89 Å². The number of nitrogens with zero attached hydrogens (tertiary/aromatic N) is 5. The minimum atomic E-state index is 0.688.